The smallest absolute Gasteiger partial charge is 0.262 e. The summed E-state index contributed by atoms with van der Waals surface area (Å²) in [4.78, 5) is 31.5. The Morgan fingerprint density at radius 1 is 1.14 bits per heavy atom. The minimum atomic E-state index is -3.96. The van der Waals surface area contributed by atoms with Crippen molar-refractivity contribution in [2.45, 2.75) is 31.4 Å². The number of aryl methyl sites for hydroxylation is 1. The molecule has 1 aliphatic heterocycles. The predicted molar refractivity (Wildman–Crippen MR) is 135 cm³/mol. The maximum absolute atomic E-state index is 12.9. The van der Waals surface area contributed by atoms with Gasteiger partial charge in [-0.2, -0.15) is 0 Å². The van der Waals surface area contributed by atoms with Gasteiger partial charge in [0, 0.05) is 43.2 Å². The number of carbonyl (C=O) groups excluding carboxylic acids is 2. The minimum absolute atomic E-state index is 0.00000331. The Hall–Kier alpha value is -3.58. The Bertz CT molecular complexity index is 1400. The van der Waals surface area contributed by atoms with E-state index in [0.717, 1.165) is 22.2 Å². The van der Waals surface area contributed by atoms with Crippen LogP contribution in [0.2, 0.25) is 0 Å². The number of hydrogen-bond donors (Lipinski definition) is 3. The van der Waals surface area contributed by atoms with Crippen LogP contribution in [0.25, 0.3) is 10.9 Å². The van der Waals surface area contributed by atoms with E-state index in [4.69, 9.17) is 9.94 Å². The normalized spacial score (nSPS) is 15.1. The van der Waals surface area contributed by atoms with Crippen LogP contribution < -0.4 is 14.9 Å². The van der Waals surface area contributed by atoms with E-state index in [1.54, 1.807) is 22.5 Å². The zero-order valence-electron chi connectivity index (χ0n) is 20.5. The van der Waals surface area contributed by atoms with Crippen molar-refractivity contribution in [3.05, 3.63) is 65.9 Å². The monoisotopic (exact) mass is 527 g/mol. The molecule has 1 saturated heterocycles. The number of amides is 2. The maximum Gasteiger partial charge on any atom is 0.262 e. The van der Waals surface area contributed by atoms with Crippen LogP contribution in [0.4, 0.5) is 0 Å². The van der Waals surface area contributed by atoms with E-state index in [-0.39, 0.29) is 24.0 Å². The molecule has 0 aliphatic carbocycles. The first kappa shape index (κ1) is 26.5. The second kappa shape index (κ2) is 11.2. The van der Waals surface area contributed by atoms with E-state index in [0.29, 0.717) is 25.4 Å². The molecule has 0 bridgehead atoms. The molecule has 196 valence electrons. The third kappa shape index (κ3) is 6.23. The molecule has 2 heterocycles. The molecule has 11 nitrogen and oxygen atoms in total. The summed E-state index contributed by atoms with van der Waals surface area (Å²) in [6.07, 6.45) is 0. The molecule has 37 heavy (non-hydrogen) atoms. The molecule has 12 heteroatoms. The van der Waals surface area contributed by atoms with E-state index in [1.165, 1.54) is 24.0 Å². The average molecular weight is 528 g/mol. The zero-order chi connectivity index (χ0) is 26.6. The van der Waals surface area contributed by atoms with E-state index < -0.39 is 22.0 Å². The summed E-state index contributed by atoms with van der Waals surface area (Å²) >= 11 is 0. The van der Waals surface area contributed by atoms with E-state index in [9.17, 15) is 18.0 Å². The molecule has 3 aromatic rings. The van der Waals surface area contributed by atoms with Crippen LogP contribution in [-0.4, -0.2) is 72.6 Å². The summed E-state index contributed by atoms with van der Waals surface area (Å²) in [5, 5.41) is 10.1. The standard InChI is InChI=1S/C25H29N5O6S/c1-17-13-19(22-5-3-4-6-23(22)27-17)15-36-20-7-9-21(10-8-20)37(34,35)26-14-24(25(32)28-33)30-12-11-29(16-30)18(2)31/h3-10,13,24,26,33H,11-12,14-16H2,1-2H3,(H,28,32)/t24-/m0/s1. The molecule has 1 atom stereocenters. The molecular weight excluding hydrogens is 498 g/mol. The number of hydrogen-bond acceptors (Lipinski definition) is 8. The number of pyridine rings is 1. The van der Waals surface area contributed by atoms with Crippen molar-refractivity contribution < 1.29 is 28.0 Å². The van der Waals surface area contributed by atoms with Gasteiger partial charge in [0.25, 0.3) is 5.91 Å². The summed E-state index contributed by atoms with van der Waals surface area (Å²) in [6.45, 7) is 4.28. The van der Waals surface area contributed by atoms with Crippen LogP contribution in [0.1, 0.15) is 18.2 Å². The number of nitrogens with one attached hydrogen (secondary N) is 2. The SMILES string of the molecule is CC(=O)N1CCN([C@@H](CNS(=O)(=O)c2ccc(OCc3cc(C)nc4ccccc34)cc2)C(=O)NO)C1. The van der Waals surface area contributed by atoms with Gasteiger partial charge in [-0.3, -0.25) is 24.7 Å². The third-order valence-electron chi connectivity index (χ3n) is 6.23. The first-order chi connectivity index (χ1) is 17.7. The number of aromatic nitrogens is 1. The van der Waals surface area contributed by atoms with E-state index in [2.05, 4.69) is 9.71 Å². The number of carbonyl (C=O) groups is 2. The predicted octanol–water partition coefficient (Wildman–Crippen LogP) is 1.40. The molecule has 1 fully saturated rings. The summed E-state index contributed by atoms with van der Waals surface area (Å²) in [7, 11) is -3.96. The van der Waals surface area contributed by atoms with Gasteiger partial charge in [-0.15, -0.1) is 0 Å². The summed E-state index contributed by atoms with van der Waals surface area (Å²) < 4.78 is 34.1. The van der Waals surface area contributed by atoms with Crippen LogP contribution >= 0.6 is 0 Å². The first-order valence-corrected chi connectivity index (χ1v) is 13.2. The quantitative estimate of drug-likeness (QED) is 0.280. The lowest BCUT2D eigenvalue weighted by atomic mass is 10.1. The van der Waals surface area contributed by atoms with Crippen LogP contribution in [0, 0.1) is 6.92 Å². The lowest BCUT2D eigenvalue weighted by Gasteiger charge is -2.26. The third-order valence-corrected chi connectivity index (χ3v) is 7.67. The Morgan fingerprint density at radius 3 is 2.54 bits per heavy atom. The van der Waals surface area contributed by atoms with Crippen molar-refractivity contribution in [1.29, 1.82) is 0 Å². The number of fused-ring (bicyclic) bond motifs is 1. The fourth-order valence-corrected chi connectivity index (χ4v) is 5.28. The van der Waals surface area contributed by atoms with Gasteiger partial charge in [-0.05, 0) is 43.3 Å². The molecule has 3 N–H and O–H groups in total. The van der Waals surface area contributed by atoms with Gasteiger partial charge in [0.2, 0.25) is 15.9 Å². The van der Waals surface area contributed by atoms with Crippen LogP contribution in [0.5, 0.6) is 5.75 Å². The highest BCUT2D eigenvalue weighted by Crippen LogP contribution is 2.22. The highest BCUT2D eigenvalue weighted by Gasteiger charge is 2.33. The molecular formula is C25H29N5O6S. The summed E-state index contributed by atoms with van der Waals surface area (Å²) in [6, 6.07) is 14.7. The number of nitrogens with zero attached hydrogens (tertiary/aromatic N) is 3. The first-order valence-electron chi connectivity index (χ1n) is 11.7. The van der Waals surface area contributed by atoms with Crippen molar-refractivity contribution >= 4 is 32.7 Å². The van der Waals surface area contributed by atoms with Crippen LogP contribution in [0.15, 0.2) is 59.5 Å². The highest BCUT2D eigenvalue weighted by atomic mass is 32.2. The van der Waals surface area contributed by atoms with Crippen molar-refractivity contribution in [3.63, 3.8) is 0 Å². The van der Waals surface area contributed by atoms with Crippen LogP contribution in [-0.2, 0) is 26.2 Å². The number of hydroxylamine groups is 1. The topological polar surface area (TPSA) is 141 Å². The van der Waals surface area contributed by atoms with Crippen molar-refractivity contribution in [3.8, 4) is 5.75 Å². The van der Waals surface area contributed by atoms with Crippen molar-refractivity contribution in [2.75, 3.05) is 26.3 Å². The Labute approximate surface area is 215 Å². The molecule has 2 amide bonds. The Balaban J connectivity index is 1.40. The molecule has 1 aliphatic rings. The lowest BCUT2D eigenvalue weighted by Crippen LogP contribution is -2.52. The van der Waals surface area contributed by atoms with Crippen molar-refractivity contribution in [2.24, 2.45) is 0 Å². The molecule has 4 rings (SSSR count). The number of rotatable bonds is 9. The molecule has 0 spiro atoms. The van der Waals surface area contributed by atoms with Gasteiger partial charge >= 0.3 is 0 Å². The fraction of sp³-hybridized carbons (Fsp3) is 0.320. The Morgan fingerprint density at radius 2 is 1.86 bits per heavy atom. The molecule has 2 aromatic carbocycles. The summed E-state index contributed by atoms with van der Waals surface area (Å²) in [5.74, 6) is -0.423. The molecule has 0 radical (unpaired) electrons. The molecule has 0 saturated carbocycles. The average Bonchev–Trinajstić information content (AvgIpc) is 3.37. The largest absolute Gasteiger partial charge is 0.489 e. The van der Waals surface area contributed by atoms with Gasteiger partial charge < -0.3 is 9.64 Å². The number of para-hydroxylation sites is 1. The number of sulfonamides is 1. The van der Waals surface area contributed by atoms with E-state index in [1.807, 2.05) is 37.3 Å². The lowest BCUT2D eigenvalue weighted by molar-refractivity contribution is -0.135. The van der Waals surface area contributed by atoms with Gasteiger partial charge in [-0.25, -0.2) is 18.6 Å². The summed E-state index contributed by atoms with van der Waals surface area (Å²) in [5.41, 5.74) is 4.30. The van der Waals surface area contributed by atoms with Crippen molar-refractivity contribution in [1.82, 2.24) is 25.0 Å². The van der Waals surface area contributed by atoms with Gasteiger partial charge in [0.05, 0.1) is 17.1 Å². The number of benzene rings is 2. The highest BCUT2D eigenvalue weighted by molar-refractivity contribution is 7.89. The fourth-order valence-electron chi connectivity index (χ4n) is 4.25. The number of ether oxygens (including phenoxy) is 1. The maximum atomic E-state index is 12.9. The Kier molecular flexibility index (Phi) is 8.03. The molecule has 1 aromatic heterocycles. The molecule has 0 unspecified atom stereocenters. The van der Waals surface area contributed by atoms with Crippen LogP contribution in [0.3, 0.4) is 0 Å². The zero-order valence-corrected chi connectivity index (χ0v) is 21.4. The van der Waals surface area contributed by atoms with Gasteiger partial charge in [0.15, 0.2) is 0 Å². The second-order valence-corrected chi connectivity index (χ2v) is 10.5. The van der Waals surface area contributed by atoms with Gasteiger partial charge in [-0.1, -0.05) is 18.2 Å². The second-order valence-electron chi connectivity index (χ2n) is 8.78. The minimum Gasteiger partial charge on any atom is -0.489 e. The van der Waals surface area contributed by atoms with Gasteiger partial charge in [0.1, 0.15) is 18.4 Å². The van der Waals surface area contributed by atoms with E-state index >= 15 is 0 Å².